The van der Waals surface area contributed by atoms with Gasteiger partial charge < -0.3 is 15.4 Å². The lowest BCUT2D eigenvalue weighted by Gasteiger charge is -2.26. The average molecular weight is 609 g/mol. The highest BCUT2D eigenvalue weighted by Crippen LogP contribution is 2.28. The van der Waals surface area contributed by atoms with E-state index in [1.807, 2.05) is 31.2 Å². The molecule has 0 bridgehead atoms. The molecule has 0 radical (unpaired) electrons. The summed E-state index contributed by atoms with van der Waals surface area (Å²) in [5.74, 6) is 0.489. The van der Waals surface area contributed by atoms with Crippen molar-refractivity contribution in [1.29, 1.82) is 0 Å². The molecule has 1 aliphatic rings. The summed E-state index contributed by atoms with van der Waals surface area (Å²) >= 11 is 5.41. The van der Waals surface area contributed by atoms with Gasteiger partial charge in [-0.05, 0) is 103 Å². The fourth-order valence-corrected chi connectivity index (χ4v) is 5.30. The molecule has 3 N–H and O–H groups in total. The second-order valence-electron chi connectivity index (χ2n) is 10.8. The van der Waals surface area contributed by atoms with Crippen LogP contribution in [-0.4, -0.2) is 38.3 Å². The Labute approximate surface area is 252 Å². The van der Waals surface area contributed by atoms with Gasteiger partial charge in [-0.2, -0.15) is 0 Å². The van der Waals surface area contributed by atoms with E-state index in [9.17, 15) is 18.0 Å². The summed E-state index contributed by atoms with van der Waals surface area (Å²) in [6.07, 6.45) is -1.05. The van der Waals surface area contributed by atoms with Crippen molar-refractivity contribution in [3.05, 3.63) is 89.2 Å². The number of benzene rings is 3. The summed E-state index contributed by atoms with van der Waals surface area (Å²) in [5, 5.41) is 13.7. The molecule has 8 nitrogen and oxygen atoms in total. The van der Waals surface area contributed by atoms with Crippen LogP contribution in [0.1, 0.15) is 48.4 Å². The first-order valence-electron chi connectivity index (χ1n) is 13.8. The van der Waals surface area contributed by atoms with Gasteiger partial charge in [-0.3, -0.25) is 5.32 Å². The SMILES string of the molecule is Cc1ccc(C(C)C)c(NC(=S)NC(=O)NC2CCc3cc(-c4ncn(-c5ccc(OC(F)(F)F)cc5)n4)ccc3C2)c1. The lowest BCUT2D eigenvalue weighted by Crippen LogP contribution is -2.47. The van der Waals surface area contributed by atoms with Gasteiger partial charge in [-0.25, -0.2) is 14.5 Å². The Kier molecular flexibility index (Phi) is 8.67. The molecular weight excluding hydrogens is 577 g/mol. The Morgan fingerprint density at radius 2 is 1.84 bits per heavy atom. The zero-order chi connectivity index (χ0) is 30.7. The van der Waals surface area contributed by atoms with Crippen molar-refractivity contribution in [2.75, 3.05) is 5.32 Å². The van der Waals surface area contributed by atoms with Crippen molar-refractivity contribution >= 4 is 29.0 Å². The quantitative estimate of drug-likeness (QED) is 0.208. The van der Waals surface area contributed by atoms with Crippen molar-refractivity contribution in [2.45, 2.75) is 58.4 Å². The molecule has 2 amide bonds. The molecule has 4 aromatic rings. The zero-order valence-electron chi connectivity index (χ0n) is 23.8. The predicted octanol–water partition coefficient (Wildman–Crippen LogP) is 6.82. The van der Waals surface area contributed by atoms with Gasteiger partial charge in [0.15, 0.2) is 10.9 Å². The van der Waals surface area contributed by atoms with Gasteiger partial charge >= 0.3 is 12.4 Å². The zero-order valence-corrected chi connectivity index (χ0v) is 24.6. The van der Waals surface area contributed by atoms with E-state index in [0.717, 1.165) is 46.3 Å². The number of carbonyl (C=O) groups is 1. The number of amides is 2. The van der Waals surface area contributed by atoms with Crippen LogP contribution in [0.2, 0.25) is 0 Å². The van der Waals surface area contributed by atoms with Crippen LogP contribution >= 0.6 is 12.2 Å². The molecule has 1 heterocycles. The maximum absolute atomic E-state index is 12.7. The van der Waals surface area contributed by atoms with Gasteiger partial charge in [-0.15, -0.1) is 18.3 Å². The number of anilines is 1. The summed E-state index contributed by atoms with van der Waals surface area (Å²) < 4.78 is 42.7. The molecule has 1 aliphatic carbocycles. The normalized spacial score (nSPS) is 14.6. The fraction of sp³-hybridized carbons (Fsp3) is 0.290. The highest BCUT2D eigenvalue weighted by molar-refractivity contribution is 7.80. The van der Waals surface area contributed by atoms with Gasteiger partial charge in [0.05, 0.1) is 5.69 Å². The number of aryl methyl sites for hydroxylation is 2. The van der Waals surface area contributed by atoms with E-state index in [0.29, 0.717) is 23.9 Å². The summed E-state index contributed by atoms with van der Waals surface area (Å²) in [7, 11) is 0. The van der Waals surface area contributed by atoms with Crippen LogP contribution in [0.15, 0.2) is 67.0 Å². The molecule has 0 fully saturated rings. The fourth-order valence-electron chi connectivity index (χ4n) is 5.10. The van der Waals surface area contributed by atoms with Crippen molar-refractivity contribution in [3.63, 3.8) is 0 Å². The number of nitrogens with zero attached hydrogens (tertiary/aromatic N) is 3. The molecule has 5 rings (SSSR count). The van der Waals surface area contributed by atoms with Gasteiger partial charge in [0.2, 0.25) is 0 Å². The molecule has 1 atom stereocenters. The van der Waals surface area contributed by atoms with Crippen LogP contribution in [0.25, 0.3) is 17.1 Å². The lowest BCUT2D eigenvalue weighted by molar-refractivity contribution is -0.274. The molecular formula is C31H31F3N6O2S. The van der Waals surface area contributed by atoms with Crippen LogP contribution in [0.3, 0.4) is 0 Å². The van der Waals surface area contributed by atoms with Crippen molar-refractivity contribution in [3.8, 4) is 22.8 Å². The Morgan fingerprint density at radius 3 is 2.56 bits per heavy atom. The van der Waals surface area contributed by atoms with E-state index < -0.39 is 6.36 Å². The molecule has 0 saturated heterocycles. The van der Waals surface area contributed by atoms with E-state index in [-0.39, 0.29) is 22.9 Å². The maximum atomic E-state index is 12.7. The second kappa shape index (κ2) is 12.4. The first-order chi connectivity index (χ1) is 20.4. The molecule has 43 heavy (non-hydrogen) atoms. The van der Waals surface area contributed by atoms with Gasteiger partial charge in [0, 0.05) is 17.3 Å². The number of ether oxygens (including phenoxy) is 1. The Hall–Kier alpha value is -4.45. The van der Waals surface area contributed by atoms with Crippen molar-refractivity contribution in [1.82, 2.24) is 25.4 Å². The van der Waals surface area contributed by atoms with Crippen LogP contribution in [0.4, 0.5) is 23.7 Å². The van der Waals surface area contributed by atoms with E-state index in [2.05, 4.69) is 56.8 Å². The molecule has 0 spiro atoms. The number of urea groups is 1. The maximum Gasteiger partial charge on any atom is 0.573 e. The largest absolute Gasteiger partial charge is 0.573 e. The molecule has 1 aromatic heterocycles. The Balaban J connectivity index is 1.17. The minimum absolute atomic E-state index is 0.0482. The molecule has 12 heteroatoms. The highest BCUT2D eigenvalue weighted by atomic mass is 32.1. The van der Waals surface area contributed by atoms with Crippen LogP contribution < -0.4 is 20.7 Å². The number of carbonyl (C=O) groups excluding carboxylic acids is 1. The lowest BCUT2D eigenvalue weighted by atomic mass is 9.87. The van der Waals surface area contributed by atoms with Crippen LogP contribution in [0.5, 0.6) is 5.75 Å². The Morgan fingerprint density at radius 1 is 1.07 bits per heavy atom. The number of halogens is 3. The minimum Gasteiger partial charge on any atom is -0.406 e. The third-order valence-corrected chi connectivity index (χ3v) is 7.37. The van der Waals surface area contributed by atoms with E-state index >= 15 is 0 Å². The first kappa shape index (κ1) is 30.0. The number of fused-ring (bicyclic) bond motifs is 1. The monoisotopic (exact) mass is 608 g/mol. The standard InChI is InChI=1S/C31H31F3N6O2S/c1-18(2)26-13-4-19(3)14-27(26)37-30(43)38-29(41)36-23-8-7-20-15-22(6-5-21(20)16-23)28-35-17-40(39-28)24-9-11-25(12-10-24)42-31(32,33)34/h4-6,9-15,17-18,23H,7-8,16H2,1-3H3,(H3,36,37,38,41,43). The third-order valence-electron chi connectivity index (χ3n) is 7.16. The van der Waals surface area contributed by atoms with Gasteiger partial charge in [-0.1, -0.05) is 38.1 Å². The summed E-state index contributed by atoms with van der Waals surface area (Å²) in [6.45, 7) is 6.22. The number of hydrogen-bond acceptors (Lipinski definition) is 5. The number of thiocarbonyl (C=S) groups is 1. The second-order valence-corrected chi connectivity index (χ2v) is 11.2. The van der Waals surface area contributed by atoms with Crippen LogP contribution in [0, 0.1) is 6.92 Å². The van der Waals surface area contributed by atoms with Gasteiger partial charge in [0.1, 0.15) is 12.1 Å². The molecule has 224 valence electrons. The smallest absolute Gasteiger partial charge is 0.406 e. The summed E-state index contributed by atoms with van der Waals surface area (Å²) in [6, 6.07) is 17.1. The molecule has 0 aliphatic heterocycles. The van der Waals surface area contributed by atoms with E-state index in [4.69, 9.17) is 12.2 Å². The molecule has 3 aromatic carbocycles. The third kappa shape index (κ3) is 7.69. The van der Waals surface area contributed by atoms with E-state index in [1.165, 1.54) is 35.3 Å². The van der Waals surface area contributed by atoms with E-state index in [1.54, 1.807) is 0 Å². The highest BCUT2D eigenvalue weighted by Gasteiger charge is 2.31. The van der Waals surface area contributed by atoms with Gasteiger partial charge in [0.25, 0.3) is 0 Å². The predicted molar refractivity (Wildman–Crippen MR) is 162 cm³/mol. The molecule has 0 saturated carbocycles. The topological polar surface area (TPSA) is 93.1 Å². The Bertz CT molecular complexity index is 1640. The number of rotatable bonds is 6. The summed E-state index contributed by atoms with van der Waals surface area (Å²) in [4.78, 5) is 17.1. The van der Waals surface area contributed by atoms with Crippen molar-refractivity contribution in [2.24, 2.45) is 0 Å². The number of hydrogen-bond donors (Lipinski definition) is 3. The average Bonchev–Trinajstić information content (AvgIpc) is 3.42. The number of nitrogens with one attached hydrogen (secondary N) is 3. The van der Waals surface area contributed by atoms with Crippen LogP contribution in [-0.2, 0) is 12.8 Å². The minimum atomic E-state index is -4.75. The number of alkyl halides is 3. The summed E-state index contributed by atoms with van der Waals surface area (Å²) in [5.41, 5.74) is 6.75. The van der Waals surface area contributed by atoms with Crippen molar-refractivity contribution < 1.29 is 22.7 Å². The first-order valence-corrected chi connectivity index (χ1v) is 14.2. The molecule has 1 unspecified atom stereocenters. The number of aromatic nitrogens is 3.